The largest absolute Gasteiger partial charge is 0.507 e. The Balaban J connectivity index is 1.68. The fraction of sp³-hybridized carbons (Fsp3) is 0.0303. The highest BCUT2D eigenvalue weighted by Crippen LogP contribution is 2.52. The third-order valence-electron chi connectivity index (χ3n) is 7.17. The van der Waals surface area contributed by atoms with Crippen LogP contribution in [0.5, 0.6) is 5.75 Å². The average molecular weight is 435 g/mol. The van der Waals surface area contributed by atoms with Crippen molar-refractivity contribution in [2.75, 3.05) is 0 Å². The molecule has 6 aromatic carbocycles. The van der Waals surface area contributed by atoms with Crippen LogP contribution in [0.4, 0.5) is 0 Å². The van der Waals surface area contributed by atoms with E-state index in [2.05, 4.69) is 109 Å². The van der Waals surface area contributed by atoms with Gasteiger partial charge in [0.1, 0.15) is 5.75 Å². The summed E-state index contributed by atoms with van der Waals surface area (Å²) in [5.74, 6) is 0.339. The van der Waals surface area contributed by atoms with Gasteiger partial charge < -0.3 is 5.11 Å². The van der Waals surface area contributed by atoms with E-state index < -0.39 is 0 Å². The molecule has 0 bridgehead atoms. The first kappa shape index (κ1) is 19.1. The van der Waals surface area contributed by atoms with Crippen LogP contribution in [0.15, 0.2) is 115 Å². The molecule has 0 unspecified atom stereocenters. The van der Waals surface area contributed by atoms with Crippen molar-refractivity contribution < 1.29 is 5.11 Å². The van der Waals surface area contributed by atoms with Crippen LogP contribution in [-0.2, 0) is 6.42 Å². The summed E-state index contributed by atoms with van der Waals surface area (Å²) >= 11 is 0. The Morgan fingerprint density at radius 2 is 0.971 bits per heavy atom. The zero-order valence-corrected chi connectivity index (χ0v) is 18.6. The van der Waals surface area contributed by atoms with Crippen molar-refractivity contribution in [3.63, 3.8) is 0 Å². The number of hydrogen-bond acceptors (Lipinski definition) is 1. The second kappa shape index (κ2) is 7.33. The van der Waals surface area contributed by atoms with E-state index in [-0.39, 0.29) is 0 Å². The molecule has 1 heteroatoms. The molecule has 0 heterocycles. The van der Waals surface area contributed by atoms with Gasteiger partial charge in [0.25, 0.3) is 0 Å². The first-order valence-electron chi connectivity index (χ1n) is 11.7. The Morgan fingerprint density at radius 3 is 1.68 bits per heavy atom. The minimum Gasteiger partial charge on any atom is -0.507 e. The smallest absolute Gasteiger partial charge is 0.124 e. The van der Waals surface area contributed by atoms with Gasteiger partial charge in [-0.05, 0) is 67.4 Å². The zero-order chi connectivity index (χ0) is 22.6. The summed E-state index contributed by atoms with van der Waals surface area (Å²) in [5, 5.41) is 16.3. The number of fused-ring (bicyclic) bond motifs is 5. The van der Waals surface area contributed by atoms with Crippen LogP contribution < -0.4 is 0 Å². The summed E-state index contributed by atoms with van der Waals surface area (Å²) in [6.07, 6.45) is 0.840. The third kappa shape index (κ3) is 2.74. The summed E-state index contributed by atoms with van der Waals surface area (Å²) in [4.78, 5) is 0. The highest BCUT2D eigenvalue weighted by atomic mass is 16.3. The van der Waals surface area contributed by atoms with Crippen LogP contribution in [0.2, 0.25) is 0 Å². The summed E-state index contributed by atoms with van der Waals surface area (Å²) in [7, 11) is 0. The van der Waals surface area contributed by atoms with Crippen LogP contribution in [-0.4, -0.2) is 5.11 Å². The molecule has 0 saturated heterocycles. The molecule has 160 valence electrons. The van der Waals surface area contributed by atoms with Crippen molar-refractivity contribution in [2.24, 2.45) is 0 Å². The molecule has 0 aliphatic heterocycles. The van der Waals surface area contributed by atoms with E-state index in [9.17, 15) is 5.11 Å². The Hall–Kier alpha value is -4.36. The Morgan fingerprint density at radius 1 is 0.441 bits per heavy atom. The van der Waals surface area contributed by atoms with Crippen molar-refractivity contribution in [2.45, 2.75) is 6.42 Å². The van der Waals surface area contributed by atoms with E-state index in [4.69, 9.17) is 0 Å². The van der Waals surface area contributed by atoms with Crippen LogP contribution >= 0.6 is 0 Å². The number of phenols is 1. The molecule has 0 atom stereocenters. The Labute approximate surface area is 198 Å². The van der Waals surface area contributed by atoms with Crippen LogP contribution in [0, 0.1) is 0 Å². The fourth-order valence-corrected chi connectivity index (χ4v) is 5.72. The molecule has 0 fully saturated rings. The van der Waals surface area contributed by atoms with Gasteiger partial charge in [0, 0.05) is 11.1 Å². The molecule has 0 saturated carbocycles. The van der Waals surface area contributed by atoms with Gasteiger partial charge in [-0.1, -0.05) is 109 Å². The van der Waals surface area contributed by atoms with Gasteiger partial charge in [0.05, 0.1) is 0 Å². The molecular formula is C33H22O. The summed E-state index contributed by atoms with van der Waals surface area (Å²) in [6.45, 7) is 0. The highest BCUT2D eigenvalue weighted by molar-refractivity contribution is 6.11. The molecule has 6 aromatic rings. The molecule has 0 aromatic heterocycles. The van der Waals surface area contributed by atoms with Gasteiger partial charge in [-0.15, -0.1) is 0 Å². The quantitative estimate of drug-likeness (QED) is 0.289. The first-order chi connectivity index (χ1) is 16.8. The monoisotopic (exact) mass is 434 g/mol. The van der Waals surface area contributed by atoms with E-state index >= 15 is 0 Å². The van der Waals surface area contributed by atoms with Gasteiger partial charge in [-0.3, -0.25) is 0 Å². The lowest BCUT2D eigenvalue weighted by Crippen LogP contribution is -1.94. The van der Waals surface area contributed by atoms with Gasteiger partial charge in [0.2, 0.25) is 0 Å². The maximum atomic E-state index is 11.6. The Kier molecular flexibility index (Phi) is 4.13. The molecular weight excluding hydrogens is 412 g/mol. The second-order valence-electron chi connectivity index (χ2n) is 9.07. The Bertz CT molecular complexity index is 1730. The van der Waals surface area contributed by atoms with Gasteiger partial charge in [0.15, 0.2) is 0 Å². The average Bonchev–Trinajstić information content (AvgIpc) is 3.25. The summed E-state index contributed by atoms with van der Waals surface area (Å²) in [6, 6.07) is 40.4. The lowest BCUT2D eigenvalue weighted by molar-refractivity contribution is 0.477. The lowest BCUT2D eigenvalue weighted by Gasteiger charge is -2.20. The maximum absolute atomic E-state index is 11.6. The molecule has 0 spiro atoms. The first-order valence-corrected chi connectivity index (χ1v) is 11.7. The van der Waals surface area contributed by atoms with Gasteiger partial charge >= 0.3 is 0 Å². The predicted octanol–water partition coefficient (Wildman–Crippen LogP) is 8.60. The third-order valence-corrected chi connectivity index (χ3v) is 7.17. The number of phenolic OH excluding ortho intramolecular Hbond substituents is 1. The molecule has 34 heavy (non-hydrogen) atoms. The van der Waals surface area contributed by atoms with Crippen molar-refractivity contribution in [3.8, 4) is 39.1 Å². The molecule has 1 aliphatic rings. The van der Waals surface area contributed by atoms with Crippen LogP contribution in [0.25, 0.3) is 54.9 Å². The number of aromatic hydroxyl groups is 1. The lowest BCUT2D eigenvalue weighted by atomic mass is 9.83. The minimum atomic E-state index is 0.339. The van der Waals surface area contributed by atoms with E-state index in [0.717, 1.165) is 34.1 Å². The van der Waals surface area contributed by atoms with Crippen molar-refractivity contribution >= 4 is 21.5 Å². The summed E-state index contributed by atoms with van der Waals surface area (Å²) in [5.41, 5.74) is 9.25. The second-order valence-corrected chi connectivity index (χ2v) is 9.07. The van der Waals surface area contributed by atoms with E-state index in [1.54, 1.807) is 0 Å². The molecule has 0 radical (unpaired) electrons. The van der Waals surface area contributed by atoms with Crippen molar-refractivity contribution in [3.05, 3.63) is 126 Å². The number of hydrogen-bond donors (Lipinski definition) is 1. The molecule has 7 rings (SSSR count). The van der Waals surface area contributed by atoms with Crippen LogP contribution in [0.1, 0.15) is 11.1 Å². The van der Waals surface area contributed by atoms with E-state index in [1.165, 1.54) is 38.4 Å². The standard InChI is InChI=1S/C33H22O/c34-30-20-24-19-23-11-3-6-16-27(23)31(24)33(29-18-8-13-22-10-2-5-15-26(22)29)32(30)28-17-7-12-21-9-1-4-14-25(21)28/h1-18,20,34H,19H2. The topological polar surface area (TPSA) is 20.2 Å². The van der Waals surface area contributed by atoms with Crippen LogP contribution in [0.3, 0.4) is 0 Å². The molecule has 1 aliphatic carbocycles. The number of rotatable bonds is 2. The normalized spacial score (nSPS) is 12.1. The predicted molar refractivity (Wildman–Crippen MR) is 142 cm³/mol. The molecule has 1 N–H and O–H groups in total. The van der Waals surface area contributed by atoms with Crippen molar-refractivity contribution in [1.82, 2.24) is 0 Å². The van der Waals surface area contributed by atoms with Gasteiger partial charge in [-0.25, -0.2) is 0 Å². The maximum Gasteiger partial charge on any atom is 0.124 e. The summed E-state index contributed by atoms with van der Waals surface area (Å²) < 4.78 is 0. The number of benzene rings is 6. The fourth-order valence-electron chi connectivity index (χ4n) is 5.72. The molecule has 0 amide bonds. The van der Waals surface area contributed by atoms with E-state index in [0.29, 0.717) is 5.75 Å². The van der Waals surface area contributed by atoms with Crippen molar-refractivity contribution in [1.29, 1.82) is 0 Å². The van der Waals surface area contributed by atoms with E-state index in [1.807, 2.05) is 6.07 Å². The van der Waals surface area contributed by atoms with Gasteiger partial charge in [-0.2, -0.15) is 0 Å². The minimum absolute atomic E-state index is 0.339. The zero-order valence-electron chi connectivity index (χ0n) is 18.6. The highest BCUT2D eigenvalue weighted by Gasteiger charge is 2.28. The molecule has 1 nitrogen and oxygen atoms in total. The SMILES string of the molecule is Oc1cc2c(c(-c3cccc4ccccc34)c1-c1cccc3ccccc13)-c1ccccc1C2.